The Morgan fingerprint density at radius 3 is 2.79 bits per heavy atom. The molecule has 0 saturated carbocycles. The highest BCUT2D eigenvalue weighted by Gasteiger charge is 2.08. The first-order valence-electron chi connectivity index (χ1n) is 7.41. The first kappa shape index (κ1) is 15.6. The molecule has 0 unspecified atom stereocenters. The van der Waals surface area contributed by atoms with Crippen LogP contribution in [-0.2, 0) is 11.2 Å². The van der Waals surface area contributed by atoms with Gasteiger partial charge in [-0.2, -0.15) is 0 Å². The Balaban J connectivity index is 1.74. The van der Waals surface area contributed by atoms with E-state index in [-0.39, 0.29) is 12.3 Å². The Morgan fingerprint density at radius 1 is 1.08 bits per heavy atom. The molecule has 0 saturated heterocycles. The minimum Gasteiger partial charge on any atom is -0.497 e. The summed E-state index contributed by atoms with van der Waals surface area (Å²) in [6.45, 7) is 0. The van der Waals surface area contributed by atoms with Crippen LogP contribution in [0.3, 0.4) is 0 Å². The molecule has 3 rings (SSSR count). The number of anilines is 1. The van der Waals surface area contributed by atoms with Crippen molar-refractivity contribution in [3.8, 4) is 17.0 Å². The Kier molecular flexibility index (Phi) is 4.76. The lowest BCUT2D eigenvalue weighted by Crippen LogP contribution is -2.16. The van der Waals surface area contributed by atoms with E-state index in [0.29, 0.717) is 17.2 Å². The number of pyridine rings is 1. The summed E-state index contributed by atoms with van der Waals surface area (Å²) in [4.78, 5) is 24.6. The minimum absolute atomic E-state index is 0.177. The van der Waals surface area contributed by atoms with E-state index in [9.17, 15) is 4.79 Å². The van der Waals surface area contributed by atoms with Gasteiger partial charge in [-0.15, -0.1) is 0 Å². The number of rotatable bonds is 5. The lowest BCUT2D eigenvalue weighted by atomic mass is 10.1. The molecule has 0 bridgehead atoms. The normalized spacial score (nSPS) is 10.2. The number of carbonyl (C=O) groups is 1. The Hall–Kier alpha value is -3.28. The fourth-order valence-electron chi connectivity index (χ4n) is 2.22. The van der Waals surface area contributed by atoms with Gasteiger partial charge in [0.15, 0.2) is 0 Å². The molecule has 2 aromatic heterocycles. The van der Waals surface area contributed by atoms with Crippen LogP contribution in [0, 0.1) is 0 Å². The molecule has 1 amide bonds. The van der Waals surface area contributed by atoms with Gasteiger partial charge in [0, 0.05) is 23.5 Å². The van der Waals surface area contributed by atoms with Crippen molar-refractivity contribution in [2.24, 2.45) is 0 Å². The minimum atomic E-state index is -0.177. The molecule has 24 heavy (non-hydrogen) atoms. The number of nitrogens with one attached hydrogen (secondary N) is 1. The van der Waals surface area contributed by atoms with E-state index >= 15 is 0 Å². The van der Waals surface area contributed by atoms with Gasteiger partial charge in [-0.3, -0.25) is 9.78 Å². The van der Waals surface area contributed by atoms with Crippen LogP contribution in [-0.4, -0.2) is 28.0 Å². The first-order valence-corrected chi connectivity index (χ1v) is 7.41. The van der Waals surface area contributed by atoms with Crippen molar-refractivity contribution < 1.29 is 9.53 Å². The van der Waals surface area contributed by atoms with Gasteiger partial charge in [-0.05, 0) is 24.3 Å². The van der Waals surface area contributed by atoms with Crippen LogP contribution in [0.5, 0.6) is 5.75 Å². The SMILES string of the molecule is COc1cccc(-c2cc(NC(=O)Cc3ccccn3)ncn2)c1. The summed E-state index contributed by atoms with van der Waals surface area (Å²) < 4.78 is 5.22. The van der Waals surface area contributed by atoms with Crippen LogP contribution in [0.25, 0.3) is 11.3 Å². The predicted molar refractivity (Wildman–Crippen MR) is 90.6 cm³/mol. The highest BCUT2D eigenvalue weighted by molar-refractivity contribution is 5.91. The topological polar surface area (TPSA) is 77.0 Å². The molecule has 0 atom stereocenters. The average Bonchev–Trinajstić information content (AvgIpc) is 2.63. The number of nitrogens with zero attached hydrogens (tertiary/aromatic N) is 3. The Morgan fingerprint density at radius 2 is 2.00 bits per heavy atom. The zero-order chi connectivity index (χ0) is 16.8. The van der Waals surface area contributed by atoms with Crippen molar-refractivity contribution in [1.82, 2.24) is 15.0 Å². The maximum absolute atomic E-state index is 12.1. The van der Waals surface area contributed by atoms with Crippen molar-refractivity contribution in [3.63, 3.8) is 0 Å². The monoisotopic (exact) mass is 320 g/mol. The zero-order valence-corrected chi connectivity index (χ0v) is 13.1. The smallest absolute Gasteiger partial charge is 0.231 e. The van der Waals surface area contributed by atoms with E-state index < -0.39 is 0 Å². The van der Waals surface area contributed by atoms with Crippen molar-refractivity contribution in [2.75, 3.05) is 12.4 Å². The van der Waals surface area contributed by atoms with Gasteiger partial charge < -0.3 is 10.1 Å². The van der Waals surface area contributed by atoms with Gasteiger partial charge in [0.25, 0.3) is 0 Å². The highest BCUT2D eigenvalue weighted by Crippen LogP contribution is 2.23. The van der Waals surface area contributed by atoms with E-state index in [2.05, 4.69) is 20.3 Å². The molecule has 0 radical (unpaired) electrons. The molecule has 1 aromatic carbocycles. The number of aromatic nitrogens is 3. The summed E-state index contributed by atoms with van der Waals surface area (Å²) >= 11 is 0. The Labute approximate surface area is 139 Å². The second-order valence-corrected chi connectivity index (χ2v) is 5.07. The number of benzene rings is 1. The van der Waals surface area contributed by atoms with Gasteiger partial charge in [0.1, 0.15) is 17.9 Å². The maximum Gasteiger partial charge on any atom is 0.231 e. The van der Waals surface area contributed by atoms with Crippen LogP contribution < -0.4 is 10.1 Å². The number of hydrogen-bond acceptors (Lipinski definition) is 5. The average molecular weight is 320 g/mol. The number of methoxy groups -OCH3 is 1. The largest absolute Gasteiger partial charge is 0.497 e. The standard InChI is InChI=1S/C18H16N4O2/c1-24-15-7-4-5-13(9-15)16-11-17(21-12-20-16)22-18(23)10-14-6-2-3-8-19-14/h2-9,11-12H,10H2,1H3,(H,20,21,22,23). The van der Waals surface area contributed by atoms with Gasteiger partial charge in [-0.1, -0.05) is 18.2 Å². The molecule has 1 N–H and O–H groups in total. The van der Waals surface area contributed by atoms with E-state index in [4.69, 9.17) is 4.74 Å². The molecule has 6 heteroatoms. The van der Waals surface area contributed by atoms with Gasteiger partial charge in [-0.25, -0.2) is 9.97 Å². The highest BCUT2D eigenvalue weighted by atomic mass is 16.5. The van der Waals surface area contributed by atoms with Crippen molar-refractivity contribution >= 4 is 11.7 Å². The lowest BCUT2D eigenvalue weighted by molar-refractivity contribution is -0.115. The van der Waals surface area contributed by atoms with Crippen molar-refractivity contribution in [2.45, 2.75) is 6.42 Å². The van der Waals surface area contributed by atoms with Crippen LogP contribution >= 0.6 is 0 Å². The quantitative estimate of drug-likeness (QED) is 0.782. The molecule has 120 valence electrons. The molecule has 6 nitrogen and oxygen atoms in total. The third-order valence-electron chi connectivity index (χ3n) is 3.37. The van der Waals surface area contributed by atoms with Crippen LogP contribution in [0.1, 0.15) is 5.69 Å². The van der Waals surface area contributed by atoms with Crippen molar-refractivity contribution in [1.29, 1.82) is 0 Å². The molecule has 3 aromatic rings. The fourth-order valence-corrected chi connectivity index (χ4v) is 2.22. The number of ether oxygens (including phenoxy) is 1. The van der Waals surface area contributed by atoms with Gasteiger partial charge >= 0.3 is 0 Å². The van der Waals surface area contributed by atoms with E-state index in [1.807, 2.05) is 36.4 Å². The molecule has 0 aliphatic heterocycles. The van der Waals surface area contributed by atoms with Gasteiger partial charge in [0.2, 0.25) is 5.91 Å². The fraction of sp³-hybridized carbons (Fsp3) is 0.111. The van der Waals surface area contributed by atoms with Crippen LogP contribution in [0.2, 0.25) is 0 Å². The molecule has 2 heterocycles. The summed E-state index contributed by atoms with van der Waals surface area (Å²) in [7, 11) is 1.61. The van der Waals surface area contributed by atoms with E-state index in [0.717, 1.165) is 11.3 Å². The Bertz CT molecular complexity index is 837. The summed E-state index contributed by atoms with van der Waals surface area (Å²) in [5, 5.41) is 2.77. The molecular formula is C18H16N4O2. The molecule has 0 aliphatic rings. The zero-order valence-electron chi connectivity index (χ0n) is 13.1. The third kappa shape index (κ3) is 3.92. The molecular weight excluding hydrogens is 304 g/mol. The van der Waals surface area contributed by atoms with Crippen molar-refractivity contribution in [3.05, 3.63) is 66.7 Å². The van der Waals surface area contributed by atoms with E-state index in [1.54, 1.807) is 25.4 Å². The molecule has 0 fully saturated rings. The van der Waals surface area contributed by atoms with Gasteiger partial charge in [0.05, 0.1) is 19.2 Å². The summed E-state index contributed by atoms with van der Waals surface area (Å²) in [6.07, 6.45) is 3.28. The summed E-state index contributed by atoms with van der Waals surface area (Å²) in [5.74, 6) is 1.01. The molecule has 0 spiro atoms. The predicted octanol–water partition coefficient (Wildman–Crippen LogP) is 2.73. The summed E-state index contributed by atoms with van der Waals surface area (Å²) in [6, 6.07) is 14.7. The van der Waals surface area contributed by atoms with Crippen LogP contribution in [0.15, 0.2) is 61.1 Å². The second-order valence-electron chi connectivity index (χ2n) is 5.07. The third-order valence-corrected chi connectivity index (χ3v) is 3.37. The second kappa shape index (κ2) is 7.32. The lowest BCUT2D eigenvalue weighted by Gasteiger charge is -2.07. The number of amides is 1. The maximum atomic E-state index is 12.1. The number of hydrogen-bond donors (Lipinski definition) is 1. The van der Waals surface area contributed by atoms with Crippen LogP contribution in [0.4, 0.5) is 5.82 Å². The molecule has 0 aliphatic carbocycles. The summed E-state index contributed by atoms with van der Waals surface area (Å²) in [5.41, 5.74) is 2.30. The van der Waals surface area contributed by atoms with E-state index in [1.165, 1.54) is 6.33 Å². The number of carbonyl (C=O) groups excluding carboxylic acids is 1. The first-order chi connectivity index (χ1) is 11.7.